The summed E-state index contributed by atoms with van der Waals surface area (Å²) >= 11 is 7.74. The Kier molecular flexibility index (Phi) is 4.72. The number of aromatic nitrogens is 1. The third kappa shape index (κ3) is 3.36. The third-order valence-corrected chi connectivity index (χ3v) is 5.88. The van der Waals surface area contributed by atoms with E-state index in [1.807, 2.05) is 61.5 Å². The summed E-state index contributed by atoms with van der Waals surface area (Å²) in [5.41, 5.74) is 1.74. The summed E-state index contributed by atoms with van der Waals surface area (Å²) in [5.74, 6) is 0.476. The van der Waals surface area contributed by atoms with Gasteiger partial charge in [0.2, 0.25) is 0 Å². The molecule has 0 bridgehead atoms. The highest BCUT2D eigenvalue weighted by atomic mass is 35.5. The highest BCUT2D eigenvalue weighted by Gasteiger charge is 2.16. The van der Waals surface area contributed by atoms with E-state index < -0.39 is 0 Å². The van der Waals surface area contributed by atoms with E-state index in [9.17, 15) is 4.79 Å². The summed E-state index contributed by atoms with van der Waals surface area (Å²) in [7, 11) is 1.58. The number of thiophene rings is 1. The molecule has 0 aliphatic rings. The molecule has 0 aliphatic heterocycles. The second-order valence-electron chi connectivity index (χ2n) is 6.25. The van der Waals surface area contributed by atoms with Gasteiger partial charge >= 0.3 is 0 Å². The van der Waals surface area contributed by atoms with Gasteiger partial charge in [-0.15, -0.1) is 11.3 Å². The van der Waals surface area contributed by atoms with Gasteiger partial charge in [-0.3, -0.25) is 4.79 Å². The summed E-state index contributed by atoms with van der Waals surface area (Å²) in [5, 5.41) is 5.36. The van der Waals surface area contributed by atoms with Crippen LogP contribution in [0.15, 0.2) is 54.6 Å². The van der Waals surface area contributed by atoms with E-state index in [2.05, 4.69) is 10.3 Å². The fourth-order valence-electron chi connectivity index (χ4n) is 3.01. The van der Waals surface area contributed by atoms with Gasteiger partial charge < -0.3 is 10.1 Å². The number of nitrogens with zero attached hydrogens (tertiary/aromatic N) is 1. The van der Waals surface area contributed by atoms with Crippen LogP contribution in [0.4, 0.5) is 0 Å². The molecule has 0 unspecified atom stereocenters. The minimum atomic E-state index is -0.109. The van der Waals surface area contributed by atoms with E-state index in [1.165, 1.54) is 11.3 Å². The second-order valence-corrected chi connectivity index (χ2v) is 7.66. The Bertz CT molecular complexity index is 1140. The quantitative estimate of drug-likeness (QED) is 0.488. The fourth-order valence-corrected chi connectivity index (χ4v) is 4.22. The molecule has 0 radical (unpaired) electrons. The molecule has 2 aromatic carbocycles. The molecule has 136 valence electrons. The molecule has 1 atom stereocenters. The van der Waals surface area contributed by atoms with E-state index in [0.717, 1.165) is 21.2 Å². The average Bonchev–Trinajstić information content (AvgIpc) is 3.11. The molecule has 2 heterocycles. The topological polar surface area (TPSA) is 51.2 Å². The van der Waals surface area contributed by atoms with Crippen LogP contribution in [0.5, 0.6) is 5.75 Å². The zero-order valence-corrected chi connectivity index (χ0v) is 16.4. The molecule has 1 amide bonds. The van der Waals surface area contributed by atoms with Crippen LogP contribution >= 0.6 is 22.9 Å². The van der Waals surface area contributed by atoms with Crippen LogP contribution in [0.3, 0.4) is 0 Å². The van der Waals surface area contributed by atoms with Crippen LogP contribution in [-0.2, 0) is 0 Å². The van der Waals surface area contributed by atoms with Crippen molar-refractivity contribution in [1.82, 2.24) is 10.3 Å². The summed E-state index contributed by atoms with van der Waals surface area (Å²) in [4.78, 5) is 18.7. The Balaban J connectivity index is 1.67. The van der Waals surface area contributed by atoms with E-state index in [1.54, 1.807) is 7.11 Å². The number of halogens is 1. The van der Waals surface area contributed by atoms with Gasteiger partial charge in [0.05, 0.1) is 23.5 Å². The van der Waals surface area contributed by atoms with Crippen LogP contribution in [0, 0.1) is 0 Å². The SMILES string of the molecule is COc1ccc2cc3cc(C(=O)N[C@@H](C)c4ccccc4)sc3nc2c1Cl. The maximum absolute atomic E-state index is 12.7. The summed E-state index contributed by atoms with van der Waals surface area (Å²) in [6.07, 6.45) is 0. The molecule has 0 saturated heterocycles. The lowest BCUT2D eigenvalue weighted by atomic mass is 10.1. The number of methoxy groups -OCH3 is 1. The second kappa shape index (κ2) is 7.18. The number of fused-ring (bicyclic) bond motifs is 2. The van der Waals surface area contributed by atoms with Crippen LogP contribution in [0.1, 0.15) is 28.2 Å². The molecular formula is C21H17ClN2O2S. The monoisotopic (exact) mass is 396 g/mol. The Morgan fingerprint density at radius 3 is 2.67 bits per heavy atom. The average molecular weight is 397 g/mol. The first kappa shape index (κ1) is 17.8. The van der Waals surface area contributed by atoms with E-state index in [-0.39, 0.29) is 11.9 Å². The molecule has 4 aromatic rings. The summed E-state index contributed by atoms with van der Waals surface area (Å²) in [6, 6.07) is 17.4. The van der Waals surface area contributed by atoms with E-state index in [4.69, 9.17) is 16.3 Å². The molecule has 4 nitrogen and oxygen atoms in total. The molecule has 6 heteroatoms. The first-order valence-corrected chi connectivity index (χ1v) is 9.69. The lowest BCUT2D eigenvalue weighted by Crippen LogP contribution is -2.25. The van der Waals surface area contributed by atoms with Crippen LogP contribution in [-0.4, -0.2) is 18.0 Å². The largest absolute Gasteiger partial charge is 0.495 e. The van der Waals surface area contributed by atoms with Gasteiger partial charge in [0.25, 0.3) is 5.91 Å². The Morgan fingerprint density at radius 2 is 1.93 bits per heavy atom. The van der Waals surface area contributed by atoms with Gasteiger partial charge in [-0.1, -0.05) is 41.9 Å². The van der Waals surface area contributed by atoms with Crippen molar-refractivity contribution in [1.29, 1.82) is 0 Å². The van der Waals surface area contributed by atoms with Gasteiger partial charge in [-0.25, -0.2) is 4.98 Å². The van der Waals surface area contributed by atoms with Crippen molar-refractivity contribution in [2.75, 3.05) is 7.11 Å². The Hall–Kier alpha value is -2.63. The maximum Gasteiger partial charge on any atom is 0.261 e. The normalized spacial score (nSPS) is 12.3. The number of hydrogen-bond acceptors (Lipinski definition) is 4. The summed E-state index contributed by atoms with van der Waals surface area (Å²) < 4.78 is 5.26. The van der Waals surface area contributed by atoms with Crippen molar-refractivity contribution >= 4 is 50.0 Å². The van der Waals surface area contributed by atoms with Crippen molar-refractivity contribution in [3.05, 3.63) is 70.1 Å². The van der Waals surface area contributed by atoms with Gasteiger partial charge in [0.1, 0.15) is 15.6 Å². The van der Waals surface area contributed by atoms with Gasteiger partial charge in [-0.05, 0) is 36.8 Å². The predicted molar refractivity (Wildman–Crippen MR) is 111 cm³/mol. The Morgan fingerprint density at radius 1 is 1.15 bits per heavy atom. The van der Waals surface area contributed by atoms with Gasteiger partial charge in [0, 0.05) is 10.8 Å². The van der Waals surface area contributed by atoms with Crippen molar-refractivity contribution < 1.29 is 9.53 Å². The van der Waals surface area contributed by atoms with Crippen LogP contribution < -0.4 is 10.1 Å². The number of benzene rings is 2. The van der Waals surface area contributed by atoms with Gasteiger partial charge in [-0.2, -0.15) is 0 Å². The fraction of sp³-hybridized carbons (Fsp3) is 0.143. The van der Waals surface area contributed by atoms with Crippen molar-refractivity contribution in [3.8, 4) is 5.75 Å². The highest BCUT2D eigenvalue weighted by Crippen LogP contribution is 2.35. The molecule has 27 heavy (non-hydrogen) atoms. The minimum Gasteiger partial charge on any atom is -0.495 e. The van der Waals surface area contributed by atoms with Crippen molar-refractivity contribution in [3.63, 3.8) is 0 Å². The van der Waals surface area contributed by atoms with Crippen LogP contribution in [0.25, 0.3) is 21.1 Å². The van der Waals surface area contributed by atoms with E-state index >= 15 is 0 Å². The molecule has 0 aliphatic carbocycles. The smallest absolute Gasteiger partial charge is 0.261 e. The maximum atomic E-state index is 12.7. The number of hydrogen-bond donors (Lipinski definition) is 1. The lowest BCUT2D eigenvalue weighted by molar-refractivity contribution is 0.0944. The number of pyridine rings is 1. The molecule has 2 aromatic heterocycles. The van der Waals surface area contributed by atoms with Crippen LogP contribution in [0.2, 0.25) is 5.02 Å². The zero-order valence-electron chi connectivity index (χ0n) is 14.8. The molecule has 0 fully saturated rings. The molecule has 1 N–H and O–H groups in total. The summed E-state index contributed by atoms with van der Waals surface area (Å²) in [6.45, 7) is 1.97. The molecule has 0 spiro atoms. The van der Waals surface area contributed by atoms with Gasteiger partial charge in [0.15, 0.2) is 0 Å². The standard InChI is InChI=1S/C21H17ClN2O2S/c1-12(13-6-4-3-5-7-13)23-20(25)17-11-15-10-14-8-9-16(26-2)18(22)19(14)24-21(15)27-17/h3-12H,1-2H3,(H,23,25)/t12-/m0/s1. The number of ether oxygens (including phenoxy) is 1. The number of rotatable bonds is 4. The Labute approximate surface area is 165 Å². The number of nitrogens with one attached hydrogen (secondary N) is 1. The van der Waals surface area contributed by atoms with E-state index in [0.29, 0.717) is 21.2 Å². The third-order valence-electron chi connectivity index (χ3n) is 4.47. The predicted octanol–water partition coefficient (Wildman–Crippen LogP) is 5.60. The molecule has 4 rings (SSSR count). The van der Waals surface area contributed by atoms with Crippen molar-refractivity contribution in [2.24, 2.45) is 0 Å². The molecule has 0 saturated carbocycles. The number of carbonyl (C=O) groups excluding carboxylic acids is 1. The highest BCUT2D eigenvalue weighted by molar-refractivity contribution is 7.20. The minimum absolute atomic E-state index is 0.0744. The molecular weight excluding hydrogens is 380 g/mol. The first-order valence-electron chi connectivity index (χ1n) is 8.49. The zero-order chi connectivity index (χ0) is 19.0. The lowest BCUT2D eigenvalue weighted by Gasteiger charge is -2.13. The first-order chi connectivity index (χ1) is 13.1. The van der Waals surface area contributed by atoms with Crippen molar-refractivity contribution in [2.45, 2.75) is 13.0 Å². The number of amides is 1. The number of carbonyl (C=O) groups is 1.